The SMILES string of the molecule is CC(C)C(=O)N1CCN(C(=O)C2CCCCCN2)CC1. The van der Waals surface area contributed by atoms with Crippen LogP contribution >= 0.6 is 0 Å². The smallest absolute Gasteiger partial charge is 0.239 e. The third-order valence-corrected chi connectivity index (χ3v) is 4.26. The highest BCUT2D eigenvalue weighted by Gasteiger charge is 2.29. The molecule has 0 bridgehead atoms. The van der Waals surface area contributed by atoms with Gasteiger partial charge in [0.2, 0.25) is 11.8 Å². The fraction of sp³-hybridized carbons (Fsp3) is 0.867. The second-order valence-corrected chi connectivity index (χ2v) is 6.16. The van der Waals surface area contributed by atoms with E-state index in [1.807, 2.05) is 23.6 Å². The number of nitrogens with zero attached hydrogens (tertiary/aromatic N) is 2. The van der Waals surface area contributed by atoms with Gasteiger partial charge >= 0.3 is 0 Å². The third-order valence-electron chi connectivity index (χ3n) is 4.26. The maximum atomic E-state index is 12.5. The highest BCUT2D eigenvalue weighted by Crippen LogP contribution is 2.13. The number of amides is 2. The maximum Gasteiger partial charge on any atom is 0.239 e. The zero-order chi connectivity index (χ0) is 14.5. The standard InChI is InChI=1S/C15H27N3O2/c1-12(2)14(19)17-8-10-18(11-9-17)15(20)13-6-4-3-5-7-16-13/h12-13,16H,3-11H2,1-2H3. The minimum absolute atomic E-state index is 0.00940. The first-order chi connectivity index (χ1) is 9.59. The van der Waals surface area contributed by atoms with E-state index in [4.69, 9.17) is 0 Å². The van der Waals surface area contributed by atoms with Gasteiger partial charge in [0.05, 0.1) is 6.04 Å². The number of piperazine rings is 1. The molecule has 2 rings (SSSR count). The number of hydrogen-bond acceptors (Lipinski definition) is 3. The van der Waals surface area contributed by atoms with Crippen LogP contribution in [0.1, 0.15) is 39.5 Å². The van der Waals surface area contributed by atoms with Crippen molar-refractivity contribution in [1.82, 2.24) is 15.1 Å². The van der Waals surface area contributed by atoms with Gasteiger partial charge in [-0.2, -0.15) is 0 Å². The molecule has 0 radical (unpaired) electrons. The summed E-state index contributed by atoms with van der Waals surface area (Å²) in [6.45, 7) is 7.50. The molecular formula is C15H27N3O2. The van der Waals surface area contributed by atoms with Gasteiger partial charge in [-0.25, -0.2) is 0 Å². The zero-order valence-electron chi connectivity index (χ0n) is 12.7. The van der Waals surface area contributed by atoms with Crippen molar-refractivity contribution in [3.63, 3.8) is 0 Å². The lowest BCUT2D eigenvalue weighted by Gasteiger charge is -2.37. The summed E-state index contributed by atoms with van der Waals surface area (Å²) in [5, 5.41) is 3.36. The molecule has 5 nitrogen and oxygen atoms in total. The average molecular weight is 281 g/mol. The topological polar surface area (TPSA) is 52.7 Å². The lowest BCUT2D eigenvalue weighted by atomic mass is 10.1. The van der Waals surface area contributed by atoms with E-state index >= 15 is 0 Å². The van der Waals surface area contributed by atoms with Crippen molar-refractivity contribution in [3.05, 3.63) is 0 Å². The number of rotatable bonds is 2. The summed E-state index contributed by atoms with van der Waals surface area (Å²) in [6.07, 6.45) is 4.47. The normalized spacial score (nSPS) is 24.6. The van der Waals surface area contributed by atoms with Crippen LogP contribution < -0.4 is 5.32 Å². The van der Waals surface area contributed by atoms with Crippen molar-refractivity contribution in [3.8, 4) is 0 Å². The monoisotopic (exact) mass is 281 g/mol. The number of carbonyl (C=O) groups excluding carboxylic acids is 2. The molecule has 1 N–H and O–H groups in total. The molecule has 1 unspecified atom stereocenters. The molecule has 2 aliphatic heterocycles. The summed E-state index contributed by atoms with van der Waals surface area (Å²) < 4.78 is 0. The Bertz CT molecular complexity index is 341. The van der Waals surface area contributed by atoms with Gasteiger partial charge < -0.3 is 15.1 Å². The van der Waals surface area contributed by atoms with Crippen molar-refractivity contribution in [2.75, 3.05) is 32.7 Å². The zero-order valence-corrected chi connectivity index (χ0v) is 12.7. The third kappa shape index (κ3) is 3.72. The summed E-state index contributed by atoms with van der Waals surface area (Å²) in [5.74, 6) is 0.467. The van der Waals surface area contributed by atoms with Crippen molar-refractivity contribution < 1.29 is 9.59 Å². The van der Waals surface area contributed by atoms with Crippen LogP contribution in [0.15, 0.2) is 0 Å². The molecule has 2 heterocycles. The van der Waals surface area contributed by atoms with Gasteiger partial charge in [-0.1, -0.05) is 26.7 Å². The van der Waals surface area contributed by atoms with Gasteiger partial charge in [0.25, 0.3) is 0 Å². The maximum absolute atomic E-state index is 12.5. The second-order valence-electron chi connectivity index (χ2n) is 6.16. The van der Waals surface area contributed by atoms with Crippen LogP contribution in [0.2, 0.25) is 0 Å². The molecule has 0 aromatic rings. The number of hydrogen-bond donors (Lipinski definition) is 1. The van der Waals surface area contributed by atoms with Crippen molar-refractivity contribution in [2.45, 2.75) is 45.6 Å². The molecule has 0 aromatic carbocycles. The van der Waals surface area contributed by atoms with E-state index < -0.39 is 0 Å². The molecule has 0 saturated carbocycles. The Morgan fingerprint density at radius 1 is 1.00 bits per heavy atom. The summed E-state index contributed by atoms with van der Waals surface area (Å²) in [4.78, 5) is 28.2. The fourth-order valence-electron chi connectivity index (χ4n) is 2.97. The van der Waals surface area contributed by atoms with Crippen LogP contribution in [0.5, 0.6) is 0 Å². The Hall–Kier alpha value is -1.10. The van der Waals surface area contributed by atoms with Crippen LogP contribution in [0.25, 0.3) is 0 Å². The van der Waals surface area contributed by atoms with Crippen LogP contribution in [0, 0.1) is 5.92 Å². The van der Waals surface area contributed by atoms with Gasteiger partial charge in [0.1, 0.15) is 0 Å². The molecule has 1 atom stereocenters. The first-order valence-corrected chi connectivity index (χ1v) is 7.90. The Balaban J connectivity index is 1.83. The highest BCUT2D eigenvalue weighted by molar-refractivity contribution is 5.83. The van der Waals surface area contributed by atoms with Crippen molar-refractivity contribution in [2.24, 2.45) is 5.92 Å². The molecule has 2 saturated heterocycles. The lowest BCUT2D eigenvalue weighted by Crippen LogP contribution is -2.55. The van der Waals surface area contributed by atoms with Crippen molar-refractivity contribution in [1.29, 1.82) is 0 Å². The summed E-state index contributed by atoms with van der Waals surface area (Å²) in [7, 11) is 0. The molecule has 0 aliphatic carbocycles. The minimum atomic E-state index is -0.00940. The Labute approximate surface area is 121 Å². The van der Waals surface area contributed by atoms with E-state index in [2.05, 4.69) is 5.32 Å². The molecule has 2 fully saturated rings. The molecule has 5 heteroatoms. The number of nitrogens with one attached hydrogen (secondary N) is 1. The Kier molecular flexibility index (Phi) is 5.40. The molecule has 0 aromatic heterocycles. The van der Waals surface area contributed by atoms with Gasteiger partial charge in [-0.05, 0) is 19.4 Å². The molecule has 114 valence electrons. The van der Waals surface area contributed by atoms with E-state index in [1.54, 1.807) is 0 Å². The van der Waals surface area contributed by atoms with Crippen LogP contribution in [0.3, 0.4) is 0 Å². The quantitative estimate of drug-likeness (QED) is 0.816. The predicted octanol–water partition coefficient (Wildman–Crippen LogP) is 0.845. The summed E-state index contributed by atoms with van der Waals surface area (Å²) in [6, 6.07) is -0.00940. The van der Waals surface area contributed by atoms with Crippen molar-refractivity contribution >= 4 is 11.8 Å². The minimum Gasteiger partial charge on any atom is -0.339 e. The van der Waals surface area contributed by atoms with E-state index in [-0.39, 0.29) is 23.8 Å². The van der Waals surface area contributed by atoms with Gasteiger partial charge in [0.15, 0.2) is 0 Å². The fourth-order valence-corrected chi connectivity index (χ4v) is 2.97. The van der Waals surface area contributed by atoms with E-state index in [0.717, 1.165) is 19.4 Å². The largest absolute Gasteiger partial charge is 0.339 e. The Morgan fingerprint density at radius 3 is 2.30 bits per heavy atom. The van der Waals surface area contributed by atoms with E-state index in [0.29, 0.717) is 26.2 Å². The van der Waals surface area contributed by atoms with Gasteiger partial charge in [-0.15, -0.1) is 0 Å². The molecule has 0 spiro atoms. The molecule has 20 heavy (non-hydrogen) atoms. The summed E-state index contributed by atoms with van der Waals surface area (Å²) in [5.41, 5.74) is 0. The van der Waals surface area contributed by atoms with E-state index in [9.17, 15) is 9.59 Å². The molecule has 2 amide bonds. The molecule has 2 aliphatic rings. The lowest BCUT2D eigenvalue weighted by molar-refractivity contribution is -0.142. The van der Waals surface area contributed by atoms with Crippen LogP contribution in [-0.4, -0.2) is 60.4 Å². The van der Waals surface area contributed by atoms with E-state index in [1.165, 1.54) is 12.8 Å². The first-order valence-electron chi connectivity index (χ1n) is 7.90. The second kappa shape index (κ2) is 7.07. The van der Waals surface area contributed by atoms with Crippen LogP contribution in [-0.2, 0) is 9.59 Å². The Morgan fingerprint density at radius 2 is 1.65 bits per heavy atom. The van der Waals surface area contributed by atoms with Gasteiger partial charge in [0, 0.05) is 32.1 Å². The predicted molar refractivity (Wildman–Crippen MR) is 78.3 cm³/mol. The van der Waals surface area contributed by atoms with Crippen LogP contribution in [0.4, 0.5) is 0 Å². The average Bonchev–Trinajstić information content (AvgIpc) is 2.75. The first kappa shape index (κ1) is 15.3. The molecular weight excluding hydrogens is 254 g/mol. The highest BCUT2D eigenvalue weighted by atomic mass is 16.2. The van der Waals surface area contributed by atoms with Gasteiger partial charge in [-0.3, -0.25) is 9.59 Å². The number of carbonyl (C=O) groups is 2. The summed E-state index contributed by atoms with van der Waals surface area (Å²) >= 11 is 0.